The monoisotopic (exact) mass is 391 g/mol. The fourth-order valence-corrected chi connectivity index (χ4v) is 2.51. The molecule has 0 aliphatic carbocycles. The minimum Gasteiger partial charge on any atom is -0.305 e. The summed E-state index contributed by atoms with van der Waals surface area (Å²) in [5.41, 5.74) is 0.347. The summed E-state index contributed by atoms with van der Waals surface area (Å²) >= 11 is 5.74. The lowest BCUT2D eigenvalue weighted by Crippen LogP contribution is -2.15. The van der Waals surface area contributed by atoms with Gasteiger partial charge in [-0.3, -0.25) is 4.79 Å². The molecule has 1 N–H and O–H groups in total. The number of carbonyl (C=O) groups is 1. The van der Waals surface area contributed by atoms with Crippen LogP contribution < -0.4 is 5.32 Å². The molecule has 3 rings (SSSR count). The van der Waals surface area contributed by atoms with Crippen LogP contribution in [0.3, 0.4) is 0 Å². The first-order valence-electron chi connectivity index (χ1n) is 7.86. The summed E-state index contributed by atoms with van der Waals surface area (Å²) in [5, 5.41) is 3.02. The van der Waals surface area contributed by atoms with Gasteiger partial charge >= 0.3 is 6.18 Å². The number of halogens is 4. The van der Waals surface area contributed by atoms with Crippen LogP contribution in [0.2, 0.25) is 5.02 Å². The lowest BCUT2D eigenvalue weighted by molar-refractivity contribution is -0.137. The van der Waals surface area contributed by atoms with Crippen LogP contribution in [0, 0.1) is 0 Å². The molecule has 8 heteroatoms. The van der Waals surface area contributed by atoms with E-state index in [0.717, 1.165) is 12.1 Å². The summed E-state index contributed by atoms with van der Waals surface area (Å²) in [6.45, 7) is 0. The van der Waals surface area contributed by atoms with Crippen molar-refractivity contribution in [1.29, 1.82) is 0 Å². The van der Waals surface area contributed by atoms with Crippen LogP contribution in [0.5, 0.6) is 0 Å². The number of anilines is 1. The zero-order valence-corrected chi connectivity index (χ0v) is 14.6. The zero-order valence-electron chi connectivity index (χ0n) is 13.8. The SMILES string of the molecule is O=C(Nc1ccc(Cl)cn1)c1cccc(Cc2cccc(C(F)(F)F)c2)n1. The summed E-state index contributed by atoms with van der Waals surface area (Å²) in [6, 6.07) is 12.9. The molecule has 0 aliphatic heterocycles. The van der Waals surface area contributed by atoms with Gasteiger partial charge in [-0.2, -0.15) is 13.2 Å². The van der Waals surface area contributed by atoms with Crippen LogP contribution in [0.25, 0.3) is 0 Å². The van der Waals surface area contributed by atoms with E-state index in [1.165, 1.54) is 18.3 Å². The van der Waals surface area contributed by atoms with Crippen molar-refractivity contribution >= 4 is 23.3 Å². The van der Waals surface area contributed by atoms with E-state index in [2.05, 4.69) is 15.3 Å². The molecule has 0 saturated carbocycles. The van der Waals surface area contributed by atoms with Crippen LogP contribution in [0.1, 0.15) is 27.3 Å². The molecule has 0 fully saturated rings. The Balaban J connectivity index is 1.75. The van der Waals surface area contributed by atoms with Crippen LogP contribution >= 0.6 is 11.6 Å². The smallest absolute Gasteiger partial charge is 0.305 e. The summed E-state index contributed by atoms with van der Waals surface area (Å²) in [7, 11) is 0. The number of nitrogens with one attached hydrogen (secondary N) is 1. The van der Waals surface area contributed by atoms with Crippen LogP contribution in [-0.2, 0) is 12.6 Å². The molecule has 2 aromatic heterocycles. The maximum atomic E-state index is 12.8. The second kappa shape index (κ2) is 7.75. The number of rotatable bonds is 4. The van der Waals surface area contributed by atoms with Crippen molar-refractivity contribution in [3.63, 3.8) is 0 Å². The molecule has 2 heterocycles. The topological polar surface area (TPSA) is 54.9 Å². The minimum atomic E-state index is -4.41. The maximum absolute atomic E-state index is 12.8. The van der Waals surface area contributed by atoms with Gasteiger partial charge in [0.1, 0.15) is 11.5 Å². The van der Waals surface area contributed by atoms with E-state index in [-0.39, 0.29) is 12.1 Å². The Morgan fingerprint density at radius 1 is 1.07 bits per heavy atom. The third-order valence-corrected chi connectivity index (χ3v) is 3.87. The molecule has 0 saturated heterocycles. The Labute approximate surface area is 158 Å². The van der Waals surface area contributed by atoms with Gasteiger partial charge in [-0.1, -0.05) is 35.9 Å². The molecule has 0 spiro atoms. The number of amides is 1. The fraction of sp³-hybridized carbons (Fsp3) is 0.105. The molecule has 0 aliphatic rings. The van der Waals surface area contributed by atoms with E-state index in [1.807, 2.05) is 0 Å². The highest BCUT2D eigenvalue weighted by Gasteiger charge is 2.30. The van der Waals surface area contributed by atoms with Gasteiger partial charge < -0.3 is 5.32 Å². The number of pyridine rings is 2. The van der Waals surface area contributed by atoms with Crippen LogP contribution in [0.15, 0.2) is 60.8 Å². The van der Waals surface area contributed by atoms with Gasteiger partial charge in [0.05, 0.1) is 10.6 Å². The highest BCUT2D eigenvalue weighted by molar-refractivity contribution is 6.30. The largest absolute Gasteiger partial charge is 0.416 e. The molecule has 1 aromatic carbocycles. The summed E-state index contributed by atoms with van der Waals surface area (Å²) in [5.74, 6) is -0.162. The van der Waals surface area contributed by atoms with Gasteiger partial charge in [0.25, 0.3) is 5.91 Å². The van der Waals surface area contributed by atoms with E-state index in [1.54, 1.807) is 30.3 Å². The summed E-state index contributed by atoms with van der Waals surface area (Å²) < 4.78 is 38.5. The van der Waals surface area contributed by atoms with E-state index in [9.17, 15) is 18.0 Å². The molecular formula is C19H13ClF3N3O. The number of aromatic nitrogens is 2. The molecule has 0 bridgehead atoms. The van der Waals surface area contributed by atoms with Crippen molar-refractivity contribution in [3.8, 4) is 0 Å². The number of benzene rings is 1. The molecule has 4 nitrogen and oxygen atoms in total. The lowest BCUT2D eigenvalue weighted by Gasteiger charge is -2.09. The molecular weight excluding hydrogens is 379 g/mol. The second-order valence-corrected chi connectivity index (χ2v) is 6.14. The summed E-state index contributed by atoms with van der Waals surface area (Å²) in [6.07, 6.45) is -2.84. The van der Waals surface area contributed by atoms with Crippen molar-refractivity contribution in [2.75, 3.05) is 5.32 Å². The normalized spacial score (nSPS) is 11.3. The molecule has 1 amide bonds. The first-order valence-corrected chi connectivity index (χ1v) is 8.24. The van der Waals surface area contributed by atoms with Crippen LogP contribution in [-0.4, -0.2) is 15.9 Å². The van der Waals surface area contributed by atoms with Gasteiger partial charge in [0.2, 0.25) is 0 Å². The number of hydrogen-bond acceptors (Lipinski definition) is 3. The Morgan fingerprint density at radius 2 is 1.85 bits per heavy atom. The first kappa shape index (κ1) is 18.8. The molecule has 3 aromatic rings. The van der Waals surface area contributed by atoms with Gasteiger partial charge in [-0.05, 0) is 35.9 Å². The van der Waals surface area contributed by atoms with Gasteiger partial charge in [0.15, 0.2) is 0 Å². The van der Waals surface area contributed by atoms with Crippen molar-refractivity contribution in [1.82, 2.24) is 9.97 Å². The van der Waals surface area contributed by atoms with Crippen molar-refractivity contribution < 1.29 is 18.0 Å². The number of alkyl halides is 3. The predicted octanol–water partition coefficient (Wildman–Crippen LogP) is 4.99. The van der Waals surface area contributed by atoms with Gasteiger partial charge in [-0.25, -0.2) is 9.97 Å². The maximum Gasteiger partial charge on any atom is 0.416 e. The lowest BCUT2D eigenvalue weighted by atomic mass is 10.1. The number of carbonyl (C=O) groups excluding carboxylic acids is 1. The molecule has 27 heavy (non-hydrogen) atoms. The second-order valence-electron chi connectivity index (χ2n) is 5.70. The standard InChI is InChI=1S/C19H13ClF3N3O/c20-14-7-8-17(24-11-14)26-18(27)16-6-2-5-15(25-16)10-12-3-1-4-13(9-12)19(21,22)23/h1-9,11H,10H2,(H,24,26,27). The Hall–Kier alpha value is -2.93. The summed E-state index contributed by atoms with van der Waals surface area (Å²) in [4.78, 5) is 20.5. The van der Waals surface area contributed by atoms with Crippen molar-refractivity contribution in [3.05, 3.63) is 88.3 Å². The van der Waals surface area contributed by atoms with E-state index < -0.39 is 17.6 Å². The average Bonchev–Trinajstić information content (AvgIpc) is 2.63. The Kier molecular flexibility index (Phi) is 5.41. The third kappa shape index (κ3) is 5.04. The van der Waals surface area contributed by atoms with E-state index >= 15 is 0 Å². The van der Waals surface area contributed by atoms with E-state index in [4.69, 9.17) is 11.6 Å². The Bertz CT molecular complexity index is 959. The van der Waals surface area contributed by atoms with Gasteiger partial charge in [-0.15, -0.1) is 0 Å². The molecule has 0 atom stereocenters. The van der Waals surface area contributed by atoms with Gasteiger partial charge in [0, 0.05) is 18.3 Å². The zero-order chi connectivity index (χ0) is 19.4. The van der Waals surface area contributed by atoms with Crippen molar-refractivity contribution in [2.45, 2.75) is 12.6 Å². The highest BCUT2D eigenvalue weighted by atomic mass is 35.5. The van der Waals surface area contributed by atoms with Crippen LogP contribution in [0.4, 0.5) is 19.0 Å². The molecule has 0 unspecified atom stereocenters. The Morgan fingerprint density at radius 3 is 2.56 bits per heavy atom. The number of nitrogens with zero attached hydrogens (tertiary/aromatic N) is 2. The fourth-order valence-electron chi connectivity index (χ4n) is 2.40. The van der Waals surface area contributed by atoms with E-state index in [0.29, 0.717) is 22.1 Å². The molecule has 0 radical (unpaired) electrons. The van der Waals surface area contributed by atoms with Crippen molar-refractivity contribution in [2.24, 2.45) is 0 Å². The predicted molar refractivity (Wildman–Crippen MR) is 95.7 cm³/mol. The quantitative estimate of drug-likeness (QED) is 0.681. The molecule has 138 valence electrons. The number of hydrogen-bond donors (Lipinski definition) is 1. The average molecular weight is 392 g/mol. The first-order chi connectivity index (χ1) is 12.8. The minimum absolute atomic E-state index is 0.135. The highest BCUT2D eigenvalue weighted by Crippen LogP contribution is 2.29. The third-order valence-electron chi connectivity index (χ3n) is 3.65.